The van der Waals surface area contributed by atoms with Crippen LogP contribution in [0, 0.1) is 11.8 Å². The molecule has 2 aromatic heterocycles. The summed E-state index contributed by atoms with van der Waals surface area (Å²) in [6, 6.07) is 10.1. The van der Waals surface area contributed by atoms with Crippen molar-refractivity contribution >= 4 is 28.8 Å². The molecule has 2 aliphatic rings. The van der Waals surface area contributed by atoms with Crippen molar-refractivity contribution in [3.63, 3.8) is 0 Å². The van der Waals surface area contributed by atoms with Crippen LogP contribution >= 0.6 is 11.6 Å². The molecule has 2 fully saturated rings. The van der Waals surface area contributed by atoms with Gasteiger partial charge in [-0.3, -0.25) is 4.79 Å². The van der Waals surface area contributed by atoms with Crippen LogP contribution in [0.5, 0.6) is 0 Å². The van der Waals surface area contributed by atoms with Crippen molar-refractivity contribution in [3.8, 4) is 11.3 Å². The maximum absolute atomic E-state index is 13.0. The van der Waals surface area contributed by atoms with Crippen LogP contribution in [-0.4, -0.2) is 39.6 Å². The molecule has 0 bridgehead atoms. The summed E-state index contributed by atoms with van der Waals surface area (Å²) >= 11 is 6.18. The van der Waals surface area contributed by atoms with E-state index in [1.54, 1.807) is 6.20 Å². The molecule has 1 atom stereocenters. The molecule has 1 saturated heterocycles. The SMILES string of the molecule is CC1CCC(NC(=O)C2CCCN(c3nccn4nc(-c5cccc(Cl)c5)cc34)C2)CC1. The third kappa shape index (κ3) is 4.46. The van der Waals surface area contributed by atoms with Crippen LogP contribution in [0.1, 0.15) is 45.4 Å². The second-order valence-corrected chi connectivity index (χ2v) is 9.81. The van der Waals surface area contributed by atoms with E-state index in [2.05, 4.69) is 28.2 Å². The van der Waals surface area contributed by atoms with Crippen molar-refractivity contribution in [3.05, 3.63) is 47.7 Å². The van der Waals surface area contributed by atoms with E-state index in [1.807, 2.05) is 35.0 Å². The highest BCUT2D eigenvalue weighted by atomic mass is 35.5. The van der Waals surface area contributed by atoms with E-state index in [0.717, 1.165) is 60.7 Å². The summed E-state index contributed by atoms with van der Waals surface area (Å²) in [5.41, 5.74) is 2.79. The third-order valence-electron chi connectivity index (χ3n) is 6.94. The number of rotatable bonds is 4. The van der Waals surface area contributed by atoms with E-state index < -0.39 is 0 Å². The van der Waals surface area contributed by atoms with E-state index in [0.29, 0.717) is 17.6 Å². The number of halogens is 1. The Morgan fingerprint density at radius 3 is 2.81 bits per heavy atom. The Kier molecular flexibility index (Phi) is 6.05. The molecular weight excluding hydrogens is 422 g/mol. The molecule has 1 N–H and O–H groups in total. The zero-order valence-electron chi connectivity index (χ0n) is 18.5. The molecule has 1 unspecified atom stereocenters. The van der Waals surface area contributed by atoms with Crippen LogP contribution in [0.3, 0.4) is 0 Å². The lowest BCUT2D eigenvalue weighted by Gasteiger charge is -2.34. The number of carbonyl (C=O) groups excluding carboxylic acids is 1. The minimum Gasteiger partial charge on any atom is -0.354 e. The molecule has 168 valence electrons. The van der Waals surface area contributed by atoms with Gasteiger partial charge in [0.1, 0.15) is 5.52 Å². The van der Waals surface area contributed by atoms with E-state index in [-0.39, 0.29) is 11.8 Å². The second-order valence-electron chi connectivity index (χ2n) is 9.37. The highest BCUT2D eigenvalue weighted by molar-refractivity contribution is 6.30. The molecular formula is C25H30ClN5O. The monoisotopic (exact) mass is 451 g/mol. The lowest BCUT2D eigenvalue weighted by molar-refractivity contribution is -0.126. The number of carbonyl (C=O) groups is 1. The highest BCUT2D eigenvalue weighted by Crippen LogP contribution is 2.30. The summed E-state index contributed by atoms with van der Waals surface area (Å²) < 4.78 is 1.87. The first-order valence-corrected chi connectivity index (χ1v) is 12.1. The fraction of sp³-hybridized carbons (Fsp3) is 0.480. The largest absolute Gasteiger partial charge is 0.354 e. The first kappa shape index (κ1) is 21.3. The van der Waals surface area contributed by atoms with Crippen molar-refractivity contribution in [2.45, 2.75) is 51.5 Å². The van der Waals surface area contributed by atoms with Gasteiger partial charge in [0, 0.05) is 42.1 Å². The van der Waals surface area contributed by atoms with Gasteiger partial charge in [-0.05, 0) is 62.6 Å². The van der Waals surface area contributed by atoms with Gasteiger partial charge in [-0.2, -0.15) is 5.10 Å². The lowest BCUT2D eigenvalue weighted by Crippen LogP contribution is -2.47. The molecule has 3 heterocycles. The Morgan fingerprint density at radius 2 is 2.00 bits per heavy atom. The Labute approximate surface area is 194 Å². The van der Waals surface area contributed by atoms with Crippen molar-refractivity contribution in [1.82, 2.24) is 19.9 Å². The van der Waals surface area contributed by atoms with Gasteiger partial charge < -0.3 is 10.2 Å². The molecule has 3 aromatic rings. The Morgan fingerprint density at radius 1 is 1.16 bits per heavy atom. The maximum atomic E-state index is 13.0. The van der Waals surface area contributed by atoms with E-state index in [4.69, 9.17) is 16.7 Å². The molecule has 0 radical (unpaired) electrons. The number of amides is 1. The molecule has 1 aliphatic carbocycles. The molecule has 7 heteroatoms. The number of nitrogens with one attached hydrogen (secondary N) is 1. The number of hydrogen-bond donors (Lipinski definition) is 1. The van der Waals surface area contributed by atoms with E-state index >= 15 is 0 Å². The van der Waals surface area contributed by atoms with Gasteiger partial charge in [0.25, 0.3) is 0 Å². The fourth-order valence-electron chi connectivity index (χ4n) is 5.05. The molecule has 32 heavy (non-hydrogen) atoms. The summed E-state index contributed by atoms with van der Waals surface area (Å²) in [7, 11) is 0. The van der Waals surface area contributed by atoms with Gasteiger partial charge in [0.05, 0.1) is 11.6 Å². The van der Waals surface area contributed by atoms with Crippen LogP contribution < -0.4 is 10.2 Å². The summed E-state index contributed by atoms with van der Waals surface area (Å²) in [5.74, 6) is 1.87. The number of benzene rings is 1. The minimum atomic E-state index is 0.000443. The zero-order chi connectivity index (χ0) is 22.1. The van der Waals surface area contributed by atoms with Gasteiger partial charge in [-0.25, -0.2) is 9.50 Å². The lowest BCUT2D eigenvalue weighted by atomic mass is 9.87. The molecule has 1 saturated carbocycles. The number of hydrogen-bond acceptors (Lipinski definition) is 4. The van der Waals surface area contributed by atoms with Gasteiger partial charge in [0.15, 0.2) is 5.82 Å². The number of anilines is 1. The topological polar surface area (TPSA) is 62.5 Å². The van der Waals surface area contributed by atoms with Gasteiger partial charge >= 0.3 is 0 Å². The summed E-state index contributed by atoms with van der Waals surface area (Å²) in [5, 5.41) is 8.75. The molecule has 1 aliphatic heterocycles. The smallest absolute Gasteiger partial charge is 0.225 e. The molecule has 1 amide bonds. The van der Waals surface area contributed by atoms with Crippen LogP contribution in [0.25, 0.3) is 16.8 Å². The Hall–Kier alpha value is -2.60. The molecule has 5 rings (SSSR count). The summed E-state index contributed by atoms with van der Waals surface area (Å²) in [6.45, 7) is 3.90. The van der Waals surface area contributed by atoms with Crippen molar-refractivity contribution in [2.75, 3.05) is 18.0 Å². The minimum absolute atomic E-state index is 0.000443. The van der Waals surface area contributed by atoms with Crippen molar-refractivity contribution in [2.24, 2.45) is 11.8 Å². The second kappa shape index (κ2) is 9.10. The first-order chi connectivity index (χ1) is 15.6. The quantitative estimate of drug-likeness (QED) is 0.608. The predicted molar refractivity (Wildman–Crippen MR) is 128 cm³/mol. The van der Waals surface area contributed by atoms with Crippen LogP contribution in [0.4, 0.5) is 5.82 Å². The van der Waals surface area contributed by atoms with Gasteiger partial charge in [0.2, 0.25) is 5.91 Å². The van der Waals surface area contributed by atoms with Crippen LogP contribution in [0.2, 0.25) is 5.02 Å². The zero-order valence-corrected chi connectivity index (χ0v) is 19.3. The van der Waals surface area contributed by atoms with Gasteiger partial charge in [-0.1, -0.05) is 30.7 Å². The van der Waals surface area contributed by atoms with Crippen LogP contribution in [0.15, 0.2) is 42.7 Å². The number of piperidine rings is 1. The maximum Gasteiger partial charge on any atom is 0.225 e. The van der Waals surface area contributed by atoms with E-state index in [9.17, 15) is 4.79 Å². The predicted octanol–water partition coefficient (Wildman–Crippen LogP) is 4.96. The van der Waals surface area contributed by atoms with Crippen LogP contribution in [-0.2, 0) is 4.79 Å². The average molecular weight is 452 g/mol. The Bertz CT molecular complexity index is 1100. The average Bonchev–Trinajstić information content (AvgIpc) is 3.25. The van der Waals surface area contributed by atoms with Crippen molar-refractivity contribution in [1.29, 1.82) is 0 Å². The standard InChI is InChI=1S/C25H30ClN5O/c1-17-7-9-21(10-8-17)28-25(32)19-5-3-12-30(16-19)24-23-15-22(29-31(23)13-11-27-24)18-4-2-6-20(26)14-18/h2,4,6,11,13-15,17,19,21H,3,5,7-10,12,16H2,1H3,(H,28,32). The number of aromatic nitrogens is 3. The molecule has 0 spiro atoms. The van der Waals surface area contributed by atoms with Gasteiger partial charge in [-0.15, -0.1) is 0 Å². The summed E-state index contributed by atoms with van der Waals surface area (Å²) in [6.07, 6.45) is 10.2. The molecule has 1 aromatic carbocycles. The normalized spacial score (nSPS) is 23.9. The Balaban J connectivity index is 1.34. The number of nitrogens with zero attached hydrogens (tertiary/aromatic N) is 4. The molecule has 6 nitrogen and oxygen atoms in total. The first-order valence-electron chi connectivity index (χ1n) is 11.7. The fourth-order valence-corrected chi connectivity index (χ4v) is 5.24. The van der Waals surface area contributed by atoms with Crippen molar-refractivity contribution < 1.29 is 4.79 Å². The summed E-state index contributed by atoms with van der Waals surface area (Å²) in [4.78, 5) is 19.9. The highest BCUT2D eigenvalue weighted by Gasteiger charge is 2.30. The van der Waals surface area contributed by atoms with E-state index in [1.165, 1.54) is 12.8 Å². The number of fused-ring (bicyclic) bond motifs is 1. The third-order valence-corrected chi connectivity index (χ3v) is 7.18.